The number of anilines is 1. The Labute approximate surface area is 184 Å². The number of carbonyl (C=O) groups is 2. The zero-order valence-electron chi connectivity index (χ0n) is 17.6. The van der Waals surface area contributed by atoms with Crippen LogP contribution in [0.15, 0.2) is 48.8 Å². The molecular weight excluding hydrogens is 416 g/mol. The van der Waals surface area contributed by atoms with Gasteiger partial charge in [0, 0.05) is 42.9 Å². The van der Waals surface area contributed by atoms with E-state index in [9.17, 15) is 18.4 Å². The van der Waals surface area contributed by atoms with Crippen LogP contribution >= 0.6 is 0 Å². The lowest BCUT2D eigenvalue weighted by atomic mass is 9.95. The Morgan fingerprint density at radius 1 is 1.12 bits per heavy atom. The van der Waals surface area contributed by atoms with Gasteiger partial charge in [-0.15, -0.1) is 10.2 Å². The maximum absolute atomic E-state index is 13.9. The topological polar surface area (TPSA) is 80.1 Å². The summed E-state index contributed by atoms with van der Waals surface area (Å²) < 4.78 is 28.9. The molecule has 0 atom stereocenters. The molecule has 0 saturated carbocycles. The Bertz CT molecular complexity index is 1140. The molecule has 0 aliphatic carbocycles. The van der Waals surface area contributed by atoms with E-state index >= 15 is 0 Å². The SMILES string of the molecule is CCn1cnnc1-c1cccc(NC(=O)C2CCN(C(=O)c3ccc(F)cc3F)CC2)c1. The Hall–Kier alpha value is -3.62. The zero-order valence-corrected chi connectivity index (χ0v) is 17.6. The van der Waals surface area contributed by atoms with Gasteiger partial charge in [-0.25, -0.2) is 8.78 Å². The molecule has 1 fully saturated rings. The third-order valence-corrected chi connectivity index (χ3v) is 5.66. The molecule has 4 rings (SSSR count). The summed E-state index contributed by atoms with van der Waals surface area (Å²) in [6.07, 6.45) is 2.59. The fraction of sp³-hybridized carbons (Fsp3) is 0.304. The van der Waals surface area contributed by atoms with E-state index in [0.717, 1.165) is 30.1 Å². The average molecular weight is 439 g/mol. The standard InChI is InChI=1S/C23H23F2N5O2/c1-2-29-14-26-28-21(29)16-4-3-5-18(12-16)27-22(31)15-8-10-30(11-9-15)23(32)19-7-6-17(24)13-20(19)25/h3-7,12-15H,2,8-11H2,1H3,(H,27,31). The third-order valence-electron chi connectivity index (χ3n) is 5.66. The molecule has 0 spiro atoms. The Morgan fingerprint density at radius 2 is 1.91 bits per heavy atom. The number of halogens is 2. The van der Waals surface area contributed by atoms with Crippen LogP contribution in [0.5, 0.6) is 0 Å². The van der Waals surface area contributed by atoms with Crippen molar-refractivity contribution in [1.82, 2.24) is 19.7 Å². The molecule has 0 radical (unpaired) electrons. The molecule has 1 saturated heterocycles. The summed E-state index contributed by atoms with van der Waals surface area (Å²) in [4.78, 5) is 26.8. The van der Waals surface area contributed by atoms with Gasteiger partial charge in [0.2, 0.25) is 5.91 Å². The van der Waals surface area contributed by atoms with Crippen LogP contribution in [0, 0.1) is 17.6 Å². The lowest BCUT2D eigenvalue weighted by molar-refractivity contribution is -0.121. The van der Waals surface area contributed by atoms with Gasteiger partial charge in [0.15, 0.2) is 5.82 Å². The van der Waals surface area contributed by atoms with E-state index < -0.39 is 17.5 Å². The van der Waals surface area contributed by atoms with Crippen LogP contribution in [-0.2, 0) is 11.3 Å². The minimum atomic E-state index is -0.881. The number of benzene rings is 2. The molecule has 2 amide bonds. The summed E-state index contributed by atoms with van der Waals surface area (Å²) in [5.74, 6) is -1.76. The number of likely N-dealkylation sites (tertiary alicyclic amines) is 1. The number of carbonyl (C=O) groups excluding carboxylic acids is 2. The number of piperidine rings is 1. The first-order chi connectivity index (χ1) is 15.5. The summed E-state index contributed by atoms with van der Waals surface area (Å²) >= 11 is 0. The van der Waals surface area contributed by atoms with Crippen molar-refractivity contribution in [3.8, 4) is 11.4 Å². The second kappa shape index (κ2) is 9.25. The molecular formula is C23H23F2N5O2. The molecule has 1 aliphatic rings. The van der Waals surface area contributed by atoms with Crippen molar-refractivity contribution in [2.45, 2.75) is 26.3 Å². The van der Waals surface area contributed by atoms with Crippen LogP contribution in [0.1, 0.15) is 30.1 Å². The van der Waals surface area contributed by atoms with Gasteiger partial charge in [0.25, 0.3) is 5.91 Å². The fourth-order valence-corrected chi connectivity index (χ4v) is 3.87. The minimum absolute atomic E-state index is 0.126. The van der Waals surface area contributed by atoms with E-state index in [4.69, 9.17) is 0 Å². The Kier molecular flexibility index (Phi) is 6.25. The number of aryl methyl sites for hydroxylation is 1. The highest BCUT2D eigenvalue weighted by molar-refractivity contribution is 5.95. The summed E-state index contributed by atoms with van der Waals surface area (Å²) in [6, 6.07) is 10.3. The van der Waals surface area contributed by atoms with Gasteiger partial charge in [-0.2, -0.15) is 0 Å². The molecule has 32 heavy (non-hydrogen) atoms. The van der Waals surface area contributed by atoms with Gasteiger partial charge in [-0.1, -0.05) is 12.1 Å². The molecule has 1 N–H and O–H groups in total. The van der Waals surface area contributed by atoms with Crippen LogP contribution in [0.2, 0.25) is 0 Å². The monoisotopic (exact) mass is 439 g/mol. The molecule has 1 aromatic heterocycles. The number of nitrogens with zero attached hydrogens (tertiary/aromatic N) is 4. The van der Waals surface area contributed by atoms with Crippen molar-refractivity contribution in [2.75, 3.05) is 18.4 Å². The van der Waals surface area contributed by atoms with E-state index in [1.165, 1.54) is 4.90 Å². The highest BCUT2D eigenvalue weighted by Crippen LogP contribution is 2.24. The molecule has 7 nitrogen and oxygen atoms in total. The molecule has 3 aromatic rings. The van der Waals surface area contributed by atoms with E-state index in [-0.39, 0.29) is 17.4 Å². The molecule has 9 heteroatoms. The maximum Gasteiger partial charge on any atom is 0.256 e. The maximum atomic E-state index is 13.9. The number of nitrogens with one attached hydrogen (secondary N) is 1. The van der Waals surface area contributed by atoms with Gasteiger partial charge < -0.3 is 14.8 Å². The predicted molar refractivity (Wildman–Crippen MR) is 115 cm³/mol. The first-order valence-electron chi connectivity index (χ1n) is 10.5. The molecule has 0 unspecified atom stereocenters. The molecule has 2 heterocycles. The smallest absolute Gasteiger partial charge is 0.256 e. The molecule has 1 aliphatic heterocycles. The molecule has 2 aromatic carbocycles. The number of amides is 2. The predicted octanol–water partition coefficient (Wildman–Crippen LogP) is 3.73. The van der Waals surface area contributed by atoms with Crippen LogP contribution in [0.3, 0.4) is 0 Å². The Morgan fingerprint density at radius 3 is 2.62 bits per heavy atom. The van der Waals surface area contributed by atoms with Crippen LogP contribution < -0.4 is 5.32 Å². The van der Waals surface area contributed by atoms with E-state index in [0.29, 0.717) is 37.7 Å². The molecule has 0 bridgehead atoms. The van der Waals surface area contributed by atoms with Crippen molar-refractivity contribution in [3.63, 3.8) is 0 Å². The number of hydrogen-bond donors (Lipinski definition) is 1. The highest BCUT2D eigenvalue weighted by Gasteiger charge is 2.29. The van der Waals surface area contributed by atoms with Crippen molar-refractivity contribution in [3.05, 3.63) is 66.0 Å². The van der Waals surface area contributed by atoms with Gasteiger partial charge in [0.1, 0.15) is 18.0 Å². The van der Waals surface area contributed by atoms with E-state index in [2.05, 4.69) is 15.5 Å². The van der Waals surface area contributed by atoms with Crippen LogP contribution in [0.25, 0.3) is 11.4 Å². The normalized spacial score (nSPS) is 14.4. The first-order valence-corrected chi connectivity index (χ1v) is 10.5. The fourth-order valence-electron chi connectivity index (χ4n) is 3.87. The highest BCUT2D eigenvalue weighted by atomic mass is 19.1. The Balaban J connectivity index is 1.37. The number of rotatable bonds is 5. The summed E-state index contributed by atoms with van der Waals surface area (Å²) in [7, 11) is 0. The van der Waals surface area contributed by atoms with Crippen molar-refractivity contribution < 1.29 is 18.4 Å². The summed E-state index contributed by atoms with van der Waals surface area (Å²) in [5, 5.41) is 11.0. The van der Waals surface area contributed by atoms with Crippen molar-refractivity contribution in [2.24, 2.45) is 5.92 Å². The van der Waals surface area contributed by atoms with Crippen molar-refractivity contribution >= 4 is 17.5 Å². The minimum Gasteiger partial charge on any atom is -0.339 e. The average Bonchev–Trinajstić information content (AvgIpc) is 3.28. The third kappa shape index (κ3) is 4.51. The van der Waals surface area contributed by atoms with Crippen LogP contribution in [0.4, 0.5) is 14.5 Å². The van der Waals surface area contributed by atoms with Crippen molar-refractivity contribution in [1.29, 1.82) is 0 Å². The first kappa shape index (κ1) is 21.6. The van der Waals surface area contributed by atoms with Crippen LogP contribution in [-0.4, -0.2) is 44.6 Å². The van der Waals surface area contributed by atoms with Gasteiger partial charge in [0.05, 0.1) is 5.56 Å². The summed E-state index contributed by atoms with van der Waals surface area (Å²) in [5.41, 5.74) is 1.35. The van der Waals surface area contributed by atoms with Gasteiger partial charge >= 0.3 is 0 Å². The number of aromatic nitrogens is 3. The largest absolute Gasteiger partial charge is 0.339 e. The number of hydrogen-bond acceptors (Lipinski definition) is 4. The lowest BCUT2D eigenvalue weighted by Crippen LogP contribution is -2.41. The lowest BCUT2D eigenvalue weighted by Gasteiger charge is -2.31. The second-order valence-corrected chi connectivity index (χ2v) is 7.70. The van der Waals surface area contributed by atoms with Gasteiger partial charge in [-0.3, -0.25) is 9.59 Å². The quantitative estimate of drug-likeness (QED) is 0.657. The second-order valence-electron chi connectivity index (χ2n) is 7.70. The van der Waals surface area contributed by atoms with Gasteiger partial charge in [-0.05, 0) is 44.0 Å². The van der Waals surface area contributed by atoms with E-state index in [1.807, 2.05) is 35.8 Å². The summed E-state index contributed by atoms with van der Waals surface area (Å²) in [6.45, 7) is 3.39. The van der Waals surface area contributed by atoms with E-state index in [1.54, 1.807) is 6.33 Å². The molecule has 166 valence electrons. The zero-order chi connectivity index (χ0) is 22.7.